The molecule has 8 heteroatoms. The van der Waals surface area contributed by atoms with Crippen molar-refractivity contribution in [3.05, 3.63) is 112 Å². The zero-order valence-electron chi connectivity index (χ0n) is 20.0. The second-order valence-corrected chi connectivity index (χ2v) is 9.14. The number of nitrogens with one attached hydrogen (secondary N) is 1. The van der Waals surface area contributed by atoms with Crippen LogP contribution in [-0.4, -0.2) is 25.8 Å². The lowest BCUT2D eigenvalue weighted by Gasteiger charge is -2.12. The highest BCUT2D eigenvalue weighted by Crippen LogP contribution is 2.31. The standard InChI is InChI=1S/C29H24BrClN2O4/c1-35-28-15-20(11-13-27(28)36-18-23-9-5-6-10-25(23)31)17-32-33-29(34)19-37-26-14-12-22(16-24(26)30)21-7-3-2-4-8-21/h2-17H,18-19H2,1H3,(H,33,34)/b32-17+. The summed E-state index contributed by atoms with van der Waals surface area (Å²) in [5, 5.41) is 4.65. The molecule has 0 aromatic heterocycles. The number of amides is 1. The number of benzene rings is 4. The van der Waals surface area contributed by atoms with E-state index in [1.807, 2.05) is 78.9 Å². The number of halogens is 2. The van der Waals surface area contributed by atoms with Gasteiger partial charge in [0.05, 0.1) is 17.8 Å². The average Bonchev–Trinajstić information content (AvgIpc) is 2.92. The molecule has 0 aliphatic heterocycles. The van der Waals surface area contributed by atoms with Crippen molar-refractivity contribution >= 4 is 39.7 Å². The van der Waals surface area contributed by atoms with E-state index in [2.05, 4.69) is 26.5 Å². The molecule has 4 aromatic carbocycles. The van der Waals surface area contributed by atoms with Gasteiger partial charge >= 0.3 is 0 Å². The second-order valence-electron chi connectivity index (χ2n) is 7.88. The smallest absolute Gasteiger partial charge is 0.277 e. The van der Waals surface area contributed by atoms with Gasteiger partial charge in [-0.1, -0.05) is 66.2 Å². The molecule has 0 saturated heterocycles. The van der Waals surface area contributed by atoms with E-state index in [9.17, 15) is 4.79 Å². The van der Waals surface area contributed by atoms with Crippen molar-refractivity contribution in [3.8, 4) is 28.4 Å². The van der Waals surface area contributed by atoms with E-state index in [0.29, 0.717) is 28.9 Å². The number of rotatable bonds is 10. The lowest BCUT2D eigenvalue weighted by molar-refractivity contribution is -0.123. The van der Waals surface area contributed by atoms with Crippen LogP contribution in [0.1, 0.15) is 11.1 Å². The minimum Gasteiger partial charge on any atom is -0.493 e. The topological polar surface area (TPSA) is 69.2 Å². The SMILES string of the molecule is COc1cc(/C=N/NC(=O)COc2ccc(-c3ccccc3)cc2Br)ccc1OCc1ccccc1Cl. The number of methoxy groups -OCH3 is 1. The van der Waals surface area contributed by atoms with Crippen molar-refractivity contribution in [2.75, 3.05) is 13.7 Å². The minimum absolute atomic E-state index is 0.182. The fraction of sp³-hybridized carbons (Fsp3) is 0.103. The summed E-state index contributed by atoms with van der Waals surface area (Å²) >= 11 is 9.70. The Balaban J connectivity index is 1.29. The molecule has 1 amide bonds. The van der Waals surface area contributed by atoms with Gasteiger partial charge in [-0.05, 0) is 69.0 Å². The molecule has 37 heavy (non-hydrogen) atoms. The molecule has 0 bridgehead atoms. The summed E-state index contributed by atoms with van der Waals surface area (Å²) < 4.78 is 17.7. The Kier molecular flexibility index (Phi) is 9.18. The van der Waals surface area contributed by atoms with Gasteiger partial charge in [-0.2, -0.15) is 5.10 Å². The molecular formula is C29H24BrClN2O4. The summed E-state index contributed by atoms with van der Waals surface area (Å²) in [7, 11) is 1.56. The monoisotopic (exact) mass is 578 g/mol. The van der Waals surface area contributed by atoms with Crippen molar-refractivity contribution in [3.63, 3.8) is 0 Å². The van der Waals surface area contributed by atoms with Gasteiger partial charge < -0.3 is 14.2 Å². The number of carbonyl (C=O) groups is 1. The van der Waals surface area contributed by atoms with Crippen molar-refractivity contribution in [1.82, 2.24) is 5.43 Å². The van der Waals surface area contributed by atoms with E-state index in [0.717, 1.165) is 26.7 Å². The Hall–Kier alpha value is -3.81. The lowest BCUT2D eigenvalue weighted by Crippen LogP contribution is -2.24. The Morgan fingerprint density at radius 1 is 0.892 bits per heavy atom. The highest BCUT2D eigenvalue weighted by molar-refractivity contribution is 9.10. The first-order chi connectivity index (χ1) is 18.0. The molecule has 0 saturated carbocycles. The van der Waals surface area contributed by atoms with Crippen LogP contribution >= 0.6 is 27.5 Å². The molecule has 0 aliphatic rings. The number of ether oxygens (including phenoxy) is 3. The molecule has 4 aromatic rings. The van der Waals surface area contributed by atoms with Crippen LogP contribution in [0.5, 0.6) is 17.2 Å². The maximum atomic E-state index is 12.2. The predicted molar refractivity (Wildman–Crippen MR) is 150 cm³/mol. The van der Waals surface area contributed by atoms with Crippen LogP contribution in [0.3, 0.4) is 0 Å². The molecule has 0 spiro atoms. The van der Waals surface area contributed by atoms with E-state index < -0.39 is 0 Å². The molecule has 1 N–H and O–H groups in total. The molecule has 0 atom stereocenters. The number of carbonyl (C=O) groups excluding carboxylic acids is 1. The molecule has 0 radical (unpaired) electrons. The molecule has 188 valence electrons. The Bertz CT molecular complexity index is 1400. The van der Waals surface area contributed by atoms with Gasteiger partial charge in [0.15, 0.2) is 18.1 Å². The summed E-state index contributed by atoms with van der Waals surface area (Å²) in [4.78, 5) is 12.2. The van der Waals surface area contributed by atoms with Gasteiger partial charge in [0.25, 0.3) is 5.91 Å². The third-order valence-electron chi connectivity index (χ3n) is 5.33. The first-order valence-corrected chi connectivity index (χ1v) is 12.5. The van der Waals surface area contributed by atoms with Gasteiger partial charge in [0.1, 0.15) is 12.4 Å². The van der Waals surface area contributed by atoms with Crippen molar-refractivity contribution < 1.29 is 19.0 Å². The molecule has 0 heterocycles. The average molecular weight is 580 g/mol. The summed E-state index contributed by atoms with van der Waals surface area (Å²) in [5.74, 6) is 1.29. The molecule has 0 fully saturated rings. The van der Waals surface area contributed by atoms with Crippen LogP contribution in [0.15, 0.2) is 101 Å². The van der Waals surface area contributed by atoms with Crippen molar-refractivity contribution in [1.29, 1.82) is 0 Å². The van der Waals surface area contributed by atoms with Gasteiger partial charge in [-0.15, -0.1) is 0 Å². The number of hydrazone groups is 1. The highest BCUT2D eigenvalue weighted by Gasteiger charge is 2.09. The lowest BCUT2D eigenvalue weighted by atomic mass is 10.1. The zero-order valence-corrected chi connectivity index (χ0v) is 22.3. The number of hydrogen-bond acceptors (Lipinski definition) is 5. The third kappa shape index (κ3) is 7.35. The van der Waals surface area contributed by atoms with Gasteiger partial charge in [0.2, 0.25) is 0 Å². The van der Waals surface area contributed by atoms with Crippen LogP contribution in [0.25, 0.3) is 11.1 Å². The minimum atomic E-state index is -0.387. The number of nitrogens with zero attached hydrogens (tertiary/aromatic N) is 1. The Morgan fingerprint density at radius 2 is 1.65 bits per heavy atom. The van der Waals surface area contributed by atoms with E-state index in [1.54, 1.807) is 19.2 Å². The van der Waals surface area contributed by atoms with Crippen molar-refractivity contribution in [2.24, 2.45) is 5.10 Å². The summed E-state index contributed by atoms with van der Waals surface area (Å²) in [6.07, 6.45) is 1.52. The fourth-order valence-corrected chi connectivity index (χ4v) is 4.12. The van der Waals surface area contributed by atoms with Crippen LogP contribution in [0, 0.1) is 0 Å². The molecule has 0 aliphatic carbocycles. The maximum Gasteiger partial charge on any atom is 0.277 e. The van der Waals surface area contributed by atoms with Gasteiger partial charge in [-0.3, -0.25) is 4.79 Å². The van der Waals surface area contributed by atoms with Gasteiger partial charge in [0, 0.05) is 10.6 Å². The van der Waals surface area contributed by atoms with E-state index in [1.165, 1.54) is 6.21 Å². The summed E-state index contributed by atoms with van der Waals surface area (Å²) in [5.41, 5.74) is 6.21. The first kappa shape index (κ1) is 26.3. The van der Waals surface area contributed by atoms with Crippen molar-refractivity contribution in [2.45, 2.75) is 6.61 Å². The maximum absolute atomic E-state index is 12.2. The molecule has 4 rings (SSSR count). The quantitative estimate of drug-likeness (QED) is 0.164. The Morgan fingerprint density at radius 3 is 2.41 bits per heavy atom. The van der Waals surface area contributed by atoms with Crippen LogP contribution in [0.4, 0.5) is 0 Å². The molecule has 6 nitrogen and oxygen atoms in total. The summed E-state index contributed by atoms with van der Waals surface area (Å²) in [6.45, 7) is 0.128. The largest absolute Gasteiger partial charge is 0.493 e. The summed E-state index contributed by atoms with van der Waals surface area (Å²) in [6, 6.07) is 28.6. The molecular weight excluding hydrogens is 556 g/mol. The predicted octanol–water partition coefficient (Wildman–Crippen LogP) is 6.89. The molecule has 0 unspecified atom stereocenters. The first-order valence-electron chi connectivity index (χ1n) is 11.4. The van der Waals surface area contributed by atoms with Gasteiger partial charge in [-0.25, -0.2) is 5.43 Å². The third-order valence-corrected chi connectivity index (χ3v) is 6.32. The second kappa shape index (κ2) is 12.9. The number of hydrogen-bond donors (Lipinski definition) is 1. The Labute approximate surface area is 229 Å². The van der Waals surface area contributed by atoms with E-state index in [4.69, 9.17) is 25.8 Å². The zero-order chi connectivity index (χ0) is 26.0. The van der Waals surface area contributed by atoms with E-state index in [-0.39, 0.29) is 12.5 Å². The highest BCUT2D eigenvalue weighted by atomic mass is 79.9. The normalized spacial score (nSPS) is 10.8. The fourth-order valence-electron chi connectivity index (χ4n) is 3.44. The van der Waals surface area contributed by atoms with E-state index >= 15 is 0 Å². The van der Waals surface area contributed by atoms with Crippen LogP contribution < -0.4 is 19.6 Å². The van der Waals surface area contributed by atoms with Crippen LogP contribution in [-0.2, 0) is 11.4 Å². The van der Waals surface area contributed by atoms with Crippen LogP contribution in [0.2, 0.25) is 5.02 Å².